The number of aliphatic hydroxyl groups is 1. The molecule has 0 aliphatic rings. The molecule has 0 bridgehead atoms. The van der Waals surface area contributed by atoms with Crippen LogP contribution in [-0.4, -0.2) is 34.5 Å². The molecular formula is C22H19N3O4. The van der Waals surface area contributed by atoms with Gasteiger partial charge < -0.3 is 19.1 Å². The van der Waals surface area contributed by atoms with Gasteiger partial charge in [0, 0.05) is 11.8 Å². The number of benzene rings is 2. The molecular weight excluding hydrogens is 370 g/mol. The van der Waals surface area contributed by atoms with Gasteiger partial charge in [0.25, 0.3) is 5.89 Å². The first-order valence-electron chi connectivity index (χ1n) is 8.95. The van der Waals surface area contributed by atoms with Gasteiger partial charge in [-0.1, -0.05) is 35.5 Å². The van der Waals surface area contributed by atoms with E-state index in [2.05, 4.69) is 15.1 Å². The van der Waals surface area contributed by atoms with Crippen LogP contribution >= 0.6 is 0 Å². The molecule has 2 aromatic carbocycles. The highest BCUT2D eigenvalue weighted by molar-refractivity contribution is 5.70. The van der Waals surface area contributed by atoms with E-state index in [4.69, 9.17) is 19.1 Å². The lowest BCUT2D eigenvalue weighted by Crippen LogP contribution is -1.94. The van der Waals surface area contributed by atoms with E-state index in [9.17, 15) is 0 Å². The van der Waals surface area contributed by atoms with Crippen molar-refractivity contribution in [3.63, 3.8) is 0 Å². The van der Waals surface area contributed by atoms with Gasteiger partial charge in [0.1, 0.15) is 0 Å². The van der Waals surface area contributed by atoms with E-state index in [1.54, 1.807) is 26.5 Å². The fraction of sp³-hybridized carbons (Fsp3) is 0.136. The number of para-hydroxylation sites is 1. The van der Waals surface area contributed by atoms with Crippen molar-refractivity contribution in [1.29, 1.82) is 0 Å². The Morgan fingerprint density at radius 3 is 2.38 bits per heavy atom. The number of hydrogen-bond acceptors (Lipinski definition) is 7. The zero-order valence-electron chi connectivity index (χ0n) is 16.0. The largest absolute Gasteiger partial charge is 0.493 e. The smallest absolute Gasteiger partial charge is 0.259 e. The molecule has 2 aromatic heterocycles. The highest BCUT2D eigenvalue weighted by atomic mass is 16.5. The summed E-state index contributed by atoms with van der Waals surface area (Å²) in [5, 5.41) is 13.2. The minimum atomic E-state index is 0.0181. The molecule has 0 amide bonds. The van der Waals surface area contributed by atoms with Crippen molar-refractivity contribution in [2.24, 2.45) is 0 Å². The first-order chi connectivity index (χ1) is 14.2. The SMILES string of the molecule is COc1cccc(-c2noc(-c3ccc(-c4ccc(CO)cc4)nc3)n2)c1OC. The Morgan fingerprint density at radius 2 is 1.72 bits per heavy atom. The maximum atomic E-state index is 9.15. The fourth-order valence-corrected chi connectivity index (χ4v) is 2.99. The summed E-state index contributed by atoms with van der Waals surface area (Å²) < 4.78 is 16.2. The molecule has 29 heavy (non-hydrogen) atoms. The Balaban J connectivity index is 1.62. The van der Waals surface area contributed by atoms with E-state index in [1.165, 1.54) is 0 Å². The molecule has 0 saturated carbocycles. The predicted molar refractivity (Wildman–Crippen MR) is 107 cm³/mol. The first kappa shape index (κ1) is 18.6. The van der Waals surface area contributed by atoms with Gasteiger partial charge in [0.05, 0.1) is 37.6 Å². The summed E-state index contributed by atoms with van der Waals surface area (Å²) in [4.78, 5) is 8.97. The molecule has 7 nitrogen and oxygen atoms in total. The molecule has 0 aliphatic heterocycles. The molecule has 0 aliphatic carbocycles. The van der Waals surface area contributed by atoms with Gasteiger partial charge in [-0.3, -0.25) is 4.98 Å². The topological polar surface area (TPSA) is 90.5 Å². The van der Waals surface area contributed by atoms with Crippen LogP contribution in [0.3, 0.4) is 0 Å². The van der Waals surface area contributed by atoms with Gasteiger partial charge in [0.15, 0.2) is 11.5 Å². The Morgan fingerprint density at radius 1 is 0.931 bits per heavy atom. The molecule has 7 heteroatoms. The van der Waals surface area contributed by atoms with E-state index in [0.717, 1.165) is 16.8 Å². The standard InChI is InChI=1S/C22H19N3O4/c1-27-19-5-3-4-17(20(19)28-2)21-24-22(29-25-21)16-10-11-18(23-12-16)15-8-6-14(13-26)7-9-15/h3-12,26H,13H2,1-2H3. The van der Waals surface area contributed by atoms with E-state index >= 15 is 0 Å². The Kier molecular flexibility index (Phi) is 5.22. The number of ether oxygens (including phenoxy) is 2. The molecule has 0 radical (unpaired) electrons. The molecule has 0 atom stereocenters. The molecule has 2 heterocycles. The highest BCUT2D eigenvalue weighted by Gasteiger charge is 2.17. The fourth-order valence-electron chi connectivity index (χ4n) is 2.99. The lowest BCUT2D eigenvalue weighted by Gasteiger charge is -2.09. The third kappa shape index (κ3) is 3.68. The number of methoxy groups -OCH3 is 2. The van der Waals surface area contributed by atoms with Gasteiger partial charge in [-0.25, -0.2) is 0 Å². The average Bonchev–Trinajstić information content (AvgIpc) is 3.28. The molecule has 0 spiro atoms. The normalized spacial score (nSPS) is 10.7. The number of pyridine rings is 1. The summed E-state index contributed by atoms with van der Waals surface area (Å²) in [5.74, 6) is 1.90. The lowest BCUT2D eigenvalue weighted by atomic mass is 10.1. The highest BCUT2D eigenvalue weighted by Crippen LogP contribution is 2.37. The second-order valence-electron chi connectivity index (χ2n) is 6.25. The number of rotatable bonds is 6. The van der Waals surface area contributed by atoms with Crippen molar-refractivity contribution in [2.45, 2.75) is 6.61 Å². The molecule has 0 unspecified atom stereocenters. The van der Waals surface area contributed by atoms with Crippen LogP contribution in [0, 0.1) is 0 Å². The third-order valence-electron chi connectivity index (χ3n) is 4.51. The Bertz CT molecular complexity index is 1110. The minimum absolute atomic E-state index is 0.0181. The minimum Gasteiger partial charge on any atom is -0.493 e. The van der Waals surface area contributed by atoms with Crippen molar-refractivity contribution in [3.8, 4) is 45.6 Å². The summed E-state index contributed by atoms with van der Waals surface area (Å²) >= 11 is 0. The van der Waals surface area contributed by atoms with Gasteiger partial charge >= 0.3 is 0 Å². The molecule has 0 fully saturated rings. The second-order valence-corrected chi connectivity index (χ2v) is 6.25. The van der Waals surface area contributed by atoms with E-state index in [1.807, 2.05) is 48.5 Å². The maximum absolute atomic E-state index is 9.15. The van der Waals surface area contributed by atoms with Crippen molar-refractivity contribution in [1.82, 2.24) is 15.1 Å². The lowest BCUT2D eigenvalue weighted by molar-refractivity contribution is 0.282. The van der Waals surface area contributed by atoms with Crippen LogP contribution in [0.5, 0.6) is 11.5 Å². The van der Waals surface area contributed by atoms with Crippen molar-refractivity contribution < 1.29 is 19.1 Å². The van der Waals surface area contributed by atoms with Crippen LogP contribution in [0.25, 0.3) is 34.1 Å². The molecule has 0 saturated heterocycles. The van der Waals surface area contributed by atoms with Crippen LogP contribution < -0.4 is 9.47 Å². The van der Waals surface area contributed by atoms with Crippen LogP contribution in [-0.2, 0) is 6.61 Å². The number of aromatic nitrogens is 3. The Hall–Kier alpha value is -3.71. The zero-order valence-corrected chi connectivity index (χ0v) is 16.0. The Labute approximate surface area is 167 Å². The van der Waals surface area contributed by atoms with Crippen LogP contribution in [0.4, 0.5) is 0 Å². The number of aliphatic hydroxyl groups excluding tert-OH is 1. The third-order valence-corrected chi connectivity index (χ3v) is 4.51. The summed E-state index contributed by atoms with van der Waals surface area (Å²) in [7, 11) is 3.14. The molecule has 146 valence electrons. The van der Waals surface area contributed by atoms with Crippen molar-refractivity contribution in [3.05, 3.63) is 66.4 Å². The molecule has 4 aromatic rings. The van der Waals surface area contributed by atoms with Gasteiger partial charge in [-0.15, -0.1) is 0 Å². The van der Waals surface area contributed by atoms with Crippen LogP contribution in [0.2, 0.25) is 0 Å². The monoisotopic (exact) mass is 389 g/mol. The van der Waals surface area contributed by atoms with Crippen LogP contribution in [0.15, 0.2) is 65.3 Å². The average molecular weight is 389 g/mol. The molecule has 4 rings (SSSR count). The van der Waals surface area contributed by atoms with Gasteiger partial charge in [-0.05, 0) is 29.8 Å². The van der Waals surface area contributed by atoms with E-state index in [-0.39, 0.29) is 6.61 Å². The number of nitrogens with zero attached hydrogens (tertiary/aromatic N) is 3. The quantitative estimate of drug-likeness (QED) is 0.533. The van der Waals surface area contributed by atoms with Crippen molar-refractivity contribution >= 4 is 0 Å². The predicted octanol–water partition coefficient (Wildman–Crippen LogP) is 3.98. The van der Waals surface area contributed by atoms with Crippen LogP contribution in [0.1, 0.15) is 5.56 Å². The summed E-state index contributed by atoms with van der Waals surface area (Å²) in [6, 6.07) is 16.8. The van der Waals surface area contributed by atoms with E-state index in [0.29, 0.717) is 34.3 Å². The first-order valence-corrected chi connectivity index (χ1v) is 8.95. The summed E-state index contributed by atoms with van der Waals surface area (Å²) in [5.41, 5.74) is 4.02. The maximum Gasteiger partial charge on any atom is 0.259 e. The second kappa shape index (κ2) is 8.12. The summed E-state index contributed by atoms with van der Waals surface area (Å²) in [6.45, 7) is 0.0181. The van der Waals surface area contributed by atoms with Crippen molar-refractivity contribution in [2.75, 3.05) is 14.2 Å². The van der Waals surface area contributed by atoms with Gasteiger partial charge in [-0.2, -0.15) is 4.98 Å². The van der Waals surface area contributed by atoms with E-state index < -0.39 is 0 Å². The zero-order chi connectivity index (χ0) is 20.2. The van der Waals surface area contributed by atoms with Gasteiger partial charge in [0.2, 0.25) is 5.82 Å². The number of hydrogen-bond donors (Lipinski definition) is 1. The summed E-state index contributed by atoms with van der Waals surface area (Å²) in [6.07, 6.45) is 1.69. The molecule has 1 N–H and O–H groups in total.